The molecule has 2 aliphatic rings. The van der Waals surface area contributed by atoms with Gasteiger partial charge in [-0.15, -0.1) is 0 Å². The van der Waals surface area contributed by atoms with E-state index in [-0.39, 0.29) is 16.9 Å². The van der Waals surface area contributed by atoms with E-state index in [1.165, 1.54) is 10.5 Å². The van der Waals surface area contributed by atoms with Crippen LogP contribution in [0.2, 0.25) is 0 Å². The van der Waals surface area contributed by atoms with Crippen LogP contribution >= 0.6 is 0 Å². The molecular weight excluding hydrogens is 332 g/mol. The van der Waals surface area contributed by atoms with Crippen molar-refractivity contribution in [1.29, 1.82) is 0 Å². The number of hydrogen-bond donors (Lipinski definition) is 2. The van der Waals surface area contributed by atoms with Crippen LogP contribution in [0.1, 0.15) is 31.9 Å². The average Bonchev–Trinajstić information content (AvgIpc) is 3.10. The van der Waals surface area contributed by atoms with Gasteiger partial charge < -0.3 is 10.4 Å². The molecule has 2 saturated heterocycles. The lowest BCUT2D eigenvalue weighted by Crippen LogP contribution is -2.42. The standard InChI is InChI=1S/C15H24N4O4S/c1-3-18-9-13(11(2)17-18)24(22,23)19-10-15(4-6-16-7-5-15)8-12(19)14(20)21/h9,12,16H,3-8,10H2,1-2H3,(H,20,21)/t12-/m1/s1. The van der Waals surface area contributed by atoms with Crippen LogP contribution in [0, 0.1) is 12.3 Å². The highest BCUT2D eigenvalue weighted by molar-refractivity contribution is 7.89. The van der Waals surface area contributed by atoms with Gasteiger partial charge in [-0.1, -0.05) is 0 Å². The smallest absolute Gasteiger partial charge is 0.322 e. The van der Waals surface area contributed by atoms with Crippen molar-refractivity contribution in [3.63, 3.8) is 0 Å². The van der Waals surface area contributed by atoms with Gasteiger partial charge in [0.15, 0.2) is 0 Å². The summed E-state index contributed by atoms with van der Waals surface area (Å²) in [5.74, 6) is -1.07. The molecule has 8 nitrogen and oxygen atoms in total. The predicted octanol–water partition coefficient (Wildman–Crippen LogP) is 0.429. The van der Waals surface area contributed by atoms with Gasteiger partial charge >= 0.3 is 5.97 Å². The van der Waals surface area contributed by atoms with Gasteiger partial charge in [-0.05, 0) is 51.6 Å². The molecule has 0 bridgehead atoms. The number of nitrogens with zero attached hydrogens (tertiary/aromatic N) is 3. The number of aliphatic carboxylic acids is 1. The maximum absolute atomic E-state index is 13.1. The second-order valence-electron chi connectivity index (χ2n) is 6.79. The molecule has 0 aliphatic carbocycles. The van der Waals surface area contributed by atoms with Crippen LogP contribution < -0.4 is 5.32 Å². The van der Waals surface area contributed by atoms with E-state index in [4.69, 9.17) is 0 Å². The third kappa shape index (κ3) is 2.84. The molecule has 2 N–H and O–H groups in total. The molecule has 3 rings (SSSR count). The molecule has 9 heteroatoms. The molecule has 0 saturated carbocycles. The van der Waals surface area contributed by atoms with Gasteiger partial charge in [-0.3, -0.25) is 9.48 Å². The van der Waals surface area contributed by atoms with E-state index in [9.17, 15) is 18.3 Å². The summed E-state index contributed by atoms with van der Waals surface area (Å²) in [6.07, 6.45) is 3.48. The monoisotopic (exact) mass is 356 g/mol. The van der Waals surface area contributed by atoms with Crippen LogP contribution in [-0.4, -0.2) is 59.3 Å². The van der Waals surface area contributed by atoms with Gasteiger partial charge in [0.2, 0.25) is 10.0 Å². The van der Waals surface area contributed by atoms with Gasteiger partial charge in [-0.2, -0.15) is 9.40 Å². The highest BCUT2D eigenvalue weighted by atomic mass is 32.2. The number of nitrogens with one attached hydrogen (secondary N) is 1. The van der Waals surface area contributed by atoms with E-state index in [2.05, 4.69) is 10.4 Å². The summed E-state index contributed by atoms with van der Waals surface area (Å²) >= 11 is 0. The molecule has 0 amide bonds. The normalized spacial score (nSPS) is 24.5. The number of piperidine rings is 1. The van der Waals surface area contributed by atoms with Crippen LogP contribution in [0.3, 0.4) is 0 Å². The molecule has 2 fully saturated rings. The maximum Gasteiger partial charge on any atom is 0.322 e. The quantitative estimate of drug-likeness (QED) is 0.811. The van der Waals surface area contributed by atoms with E-state index < -0.39 is 22.0 Å². The lowest BCUT2D eigenvalue weighted by molar-refractivity contribution is -0.140. The minimum absolute atomic E-state index is 0.113. The minimum Gasteiger partial charge on any atom is -0.480 e. The summed E-state index contributed by atoms with van der Waals surface area (Å²) in [5.41, 5.74) is 0.169. The second kappa shape index (κ2) is 6.12. The second-order valence-corrected chi connectivity index (χ2v) is 8.65. The highest BCUT2D eigenvalue weighted by Crippen LogP contribution is 2.44. The van der Waals surface area contributed by atoms with E-state index in [0.717, 1.165) is 25.9 Å². The Kier molecular flexibility index (Phi) is 4.43. The third-order valence-electron chi connectivity index (χ3n) is 5.23. The number of carboxylic acid groups (broad SMARTS) is 1. The first-order valence-corrected chi connectivity index (χ1v) is 9.72. The van der Waals surface area contributed by atoms with Crippen molar-refractivity contribution < 1.29 is 18.3 Å². The fourth-order valence-electron chi connectivity index (χ4n) is 3.84. The molecule has 1 spiro atoms. The van der Waals surface area contributed by atoms with Crippen LogP contribution in [0.15, 0.2) is 11.1 Å². The van der Waals surface area contributed by atoms with Crippen molar-refractivity contribution in [2.45, 2.75) is 50.6 Å². The third-order valence-corrected chi connectivity index (χ3v) is 7.18. The molecule has 0 aromatic carbocycles. The lowest BCUT2D eigenvalue weighted by atomic mass is 9.77. The van der Waals surface area contributed by atoms with Crippen molar-refractivity contribution in [1.82, 2.24) is 19.4 Å². The van der Waals surface area contributed by atoms with Gasteiger partial charge in [0.25, 0.3) is 0 Å². The molecular formula is C15H24N4O4S. The van der Waals surface area contributed by atoms with Gasteiger partial charge in [-0.25, -0.2) is 8.42 Å². The Bertz CT molecular complexity index is 737. The fourth-order valence-corrected chi connectivity index (χ4v) is 5.71. The minimum atomic E-state index is -3.88. The van der Waals surface area contributed by atoms with Gasteiger partial charge in [0, 0.05) is 19.3 Å². The first kappa shape index (κ1) is 17.4. The number of hydrogen-bond acceptors (Lipinski definition) is 5. The Balaban J connectivity index is 1.98. The summed E-state index contributed by atoms with van der Waals surface area (Å²) in [4.78, 5) is 11.8. The molecule has 3 heterocycles. The van der Waals surface area contributed by atoms with E-state index in [0.29, 0.717) is 18.7 Å². The van der Waals surface area contributed by atoms with Crippen LogP contribution in [-0.2, 0) is 21.4 Å². The summed E-state index contributed by atoms with van der Waals surface area (Å²) in [7, 11) is -3.88. The summed E-state index contributed by atoms with van der Waals surface area (Å²) in [5, 5.41) is 17.0. The zero-order valence-corrected chi connectivity index (χ0v) is 14.8. The zero-order chi connectivity index (χ0) is 17.5. The highest BCUT2D eigenvalue weighted by Gasteiger charge is 2.52. The number of rotatable bonds is 4. The lowest BCUT2D eigenvalue weighted by Gasteiger charge is -2.33. The van der Waals surface area contributed by atoms with Gasteiger partial charge in [0.1, 0.15) is 10.9 Å². The molecule has 1 atom stereocenters. The van der Waals surface area contributed by atoms with Crippen molar-refractivity contribution in [2.75, 3.05) is 19.6 Å². The molecule has 134 valence electrons. The Morgan fingerprint density at radius 2 is 2.12 bits per heavy atom. The molecule has 0 radical (unpaired) electrons. The number of sulfonamides is 1. The van der Waals surface area contributed by atoms with Crippen LogP contribution in [0.25, 0.3) is 0 Å². The van der Waals surface area contributed by atoms with Crippen molar-refractivity contribution in [3.8, 4) is 0 Å². The Morgan fingerprint density at radius 1 is 1.46 bits per heavy atom. The molecule has 0 unspecified atom stereocenters. The Morgan fingerprint density at radius 3 is 2.67 bits per heavy atom. The summed E-state index contributed by atoms with van der Waals surface area (Å²) in [6.45, 7) is 5.95. The van der Waals surface area contributed by atoms with E-state index in [1.54, 1.807) is 11.6 Å². The first-order chi connectivity index (χ1) is 11.3. The van der Waals surface area contributed by atoms with E-state index >= 15 is 0 Å². The Labute approximate surface area is 141 Å². The predicted molar refractivity (Wildman–Crippen MR) is 87.1 cm³/mol. The van der Waals surface area contributed by atoms with Crippen molar-refractivity contribution >= 4 is 16.0 Å². The topological polar surface area (TPSA) is 105 Å². The van der Waals surface area contributed by atoms with Crippen LogP contribution in [0.4, 0.5) is 0 Å². The largest absolute Gasteiger partial charge is 0.480 e. The summed E-state index contributed by atoms with van der Waals surface area (Å²) in [6, 6.07) is -1.00. The van der Waals surface area contributed by atoms with Gasteiger partial charge in [0.05, 0.1) is 5.69 Å². The molecule has 1 aromatic heterocycles. The van der Waals surface area contributed by atoms with Crippen molar-refractivity contribution in [3.05, 3.63) is 11.9 Å². The van der Waals surface area contributed by atoms with Crippen LogP contribution in [0.5, 0.6) is 0 Å². The zero-order valence-electron chi connectivity index (χ0n) is 14.0. The first-order valence-electron chi connectivity index (χ1n) is 8.28. The molecule has 24 heavy (non-hydrogen) atoms. The molecule has 1 aromatic rings. The number of aryl methyl sites for hydroxylation is 2. The summed E-state index contributed by atoms with van der Waals surface area (Å²) < 4.78 is 29.0. The van der Waals surface area contributed by atoms with E-state index in [1.807, 2.05) is 6.92 Å². The maximum atomic E-state index is 13.1. The molecule has 2 aliphatic heterocycles. The fraction of sp³-hybridized carbons (Fsp3) is 0.733. The number of carboxylic acids is 1. The number of carbonyl (C=O) groups is 1. The SMILES string of the molecule is CCn1cc(S(=O)(=O)N2CC3(CCNCC3)C[C@@H]2C(=O)O)c(C)n1. The number of aromatic nitrogens is 2. The Hall–Kier alpha value is -1.45. The average molecular weight is 356 g/mol. The van der Waals surface area contributed by atoms with Crippen molar-refractivity contribution in [2.24, 2.45) is 5.41 Å².